The van der Waals surface area contributed by atoms with Gasteiger partial charge in [0.15, 0.2) is 9.76 Å². The molecule has 2 atom stereocenters. The largest absolute Gasteiger partial charge is 0.444 e. The van der Waals surface area contributed by atoms with Crippen LogP contribution in [-0.2, 0) is 20.4 Å². The van der Waals surface area contributed by atoms with Crippen LogP contribution in [0.1, 0.15) is 91.6 Å². The normalized spacial score (nSPS) is 18.4. The first-order valence-corrected chi connectivity index (χ1v) is 17.1. The molecule has 0 bridgehead atoms. The van der Waals surface area contributed by atoms with Gasteiger partial charge in [0, 0.05) is 80.4 Å². The Hall–Kier alpha value is -2.36. The van der Waals surface area contributed by atoms with Gasteiger partial charge < -0.3 is 28.3 Å². The van der Waals surface area contributed by atoms with E-state index >= 15 is 0 Å². The predicted octanol–water partition coefficient (Wildman–Crippen LogP) is 6.42. The number of likely N-dealkylation sites (tertiary alicyclic amines) is 1. The molecule has 1 aliphatic rings. The van der Waals surface area contributed by atoms with Crippen LogP contribution in [0.3, 0.4) is 0 Å². The SMILES string of the molecule is COCCCn1cc(C)c2ccc(C(=O)N(C[C@@H]3CN(C(=O)OC(C)(C)C)C[C@H]3C(C)(C)O[SiH2]C(C)(C)C)C(C)C)cc21. The quantitative estimate of drug-likeness (QED) is 0.216. The van der Waals surface area contributed by atoms with Gasteiger partial charge in [-0.05, 0) is 84.5 Å². The van der Waals surface area contributed by atoms with E-state index < -0.39 is 21.0 Å². The van der Waals surface area contributed by atoms with Crippen LogP contribution in [0.15, 0.2) is 24.4 Å². The Labute approximate surface area is 262 Å². The zero-order valence-electron chi connectivity index (χ0n) is 28.9. The number of ether oxygens (including phenoxy) is 2. The Morgan fingerprint density at radius 1 is 1.07 bits per heavy atom. The molecule has 1 saturated heterocycles. The summed E-state index contributed by atoms with van der Waals surface area (Å²) in [6.45, 7) is 26.0. The number of nitrogens with zero attached hydrogens (tertiary/aromatic N) is 3. The summed E-state index contributed by atoms with van der Waals surface area (Å²) in [5.41, 5.74) is 1.94. The van der Waals surface area contributed by atoms with Crippen LogP contribution in [0.4, 0.5) is 4.79 Å². The second-order valence-corrected chi connectivity index (χ2v) is 18.0. The molecule has 0 radical (unpaired) electrons. The van der Waals surface area contributed by atoms with Crippen LogP contribution < -0.4 is 0 Å². The highest BCUT2D eigenvalue weighted by Crippen LogP contribution is 2.38. The number of carbonyl (C=O) groups is 2. The highest BCUT2D eigenvalue weighted by Gasteiger charge is 2.46. The highest BCUT2D eigenvalue weighted by molar-refractivity contribution is 6.31. The molecule has 1 aromatic heterocycles. The third-order valence-corrected chi connectivity index (χ3v) is 10.0. The fourth-order valence-corrected chi connectivity index (χ4v) is 6.97. The van der Waals surface area contributed by atoms with E-state index in [0.29, 0.717) is 31.8 Å². The Morgan fingerprint density at radius 2 is 1.74 bits per heavy atom. The molecule has 2 aromatic rings. The van der Waals surface area contributed by atoms with Crippen molar-refractivity contribution in [3.8, 4) is 0 Å². The van der Waals surface area contributed by atoms with Crippen molar-refractivity contribution in [3.05, 3.63) is 35.5 Å². The Morgan fingerprint density at radius 3 is 2.33 bits per heavy atom. The van der Waals surface area contributed by atoms with E-state index in [0.717, 1.165) is 23.9 Å². The van der Waals surface area contributed by atoms with Gasteiger partial charge in [-0.2, -0.15) is 0 Å². The molecular weight excluding hydrogens is 558 g/mol. The van der Waals surface area contributed by atoms with Crippen LogP contribution in [-0.4, -0.2) is 86.7 Å². The Bertz CT molecular complexity index is 1260. The maximum Gasteiger partial charge on any atom is 0.410 e. The molecule has 0 N–H and O–H groups in total. The molecule has 0 aliphatic carbocycles. The smallest absolute Gasteiger partial charge is 0.410 e. The number of rotatable bonds is 11. The lowest BCUT2D eigenvalue weighted by Gasteiger charge is -2.39. The molecule has 1 aliphatic heterocycles. The van der Waals surface area contributed by atoms with E-state index in [1.165, 1.54) is 5.56 Å². The molecule has 0 saturated carbocycles. The third-order valence-electron chi connectivity index (χ3n) is 8.25. The zero-order chi connectivity index (χ0) is 32.3. The van der Waals surface area contributed by atoms with Gasteiger partial charge in [0.2, 0.25) is 0 Å². The number of amides is 2. The van der Waals surface area contributed by atoms with Gasteiger partial charge in [-0.25, -0.2) is 4.79 Å². The fourth-order valence-electron chi connectivity index (χ4n) is 5.95. The molecule has 3 rings (SSSR count). The Balaban J connectivity index is 1.91. The van der Waals surface area contributed by atoms with Gasteiger partial charge in [0.1, 0.15) is 5.60 Å². The molecule has 43 heavy (non-hydrogen) atoms. The number of methoxy groups -OCH3 is 1. The van der Waals surface area contributed by atoms with Crippen LogP contribution in [0.5, 0.6) is 0 Å². The average molecular weight is 616 g/mol. The summed E-state index contributed by atoms with van der Waals surface area (Å²) in [5.74, 6) is 0.121. The molecule has 0 unspecified atom stereocenters. The number of aromatic nitrogens is 1. The van der Waals surface area contributed by atoms with Crippen LogP contribution >= 0.6 is 0 Å². The molecule has 2 amide bonds. The van der Waals surface area contributed by atoms with Crippen molar-refractivity contribution in [3.63, 3.8) is 0 Å². The predicted molar refractivity (Wildman–Crippen MR) is 178 cm³/mol. The molecule has 2 heterocycles. The average Bonchev–Trinajstić information content (AvgIpc) is 3.46. The van der Waals surface area contributed by atoms with Crippen molar-refractivity contribution >= 4 is 32.7 Å². The number of carbonyl (C=O) groups excluding carboxylic acids is 2. The first-order valence-electron chi connectivity index (χ1n) is 15.8. The van der Waals surface area contributed by atoms with Crippen LogP contribution in [0.2, 0.25) is 5.04 Å². The van der Waals surface area contributed by atoms with Gasteiger partial charge in [0.05, 0.1) is 5.60 Å². The van der Waals surface area contributed by atoms with Crippen LogP contribution in [0.25, 0.3) is 10.9 Å². The van der Waals surface area contributed by atoms with E-state index in [1.54, 1.807) is 7.11 Å². The second-order valence-electron chi connectivity index (χ2n) is 15.3. The molecule has 1 aromatic carbocycles. The van der Waals surface area contributed by atoms with E-state index in [-0.39, 0.29) is 34.9 Å². The van der Waals surface area contributed by atoms with Gasteiger partial charge >= 0.3 is 6.09 Å². The fraction of sp³-hybridized carbons (Fsp3) is 0.706. The maximum atomic E-state index is 14.2. The summed E-state index contributed by atoms with van der Waals surface area (Å²) in [7, 11) is 0.889. The van der Waals surface area contributed by atoms with Crippen molar-refractivity contribution in [2.75, 3.05) is 33.4 Å². The third kappa shape index (κ3) is 9.32. The number of fused-ring (bicyclic) bond motifs is 1. The van der Waals surface area contributed by atoms with Crippen molar-refractivity contribution in [2.24, 2.45) is 11.8 Å². The summed E-state index contributed by atoms with van der Waals surface area (Å²) in [6.07, 6.45) is 2.76. The molecule has 0 spiro atoms. The van der Waals surface area contributed by atoms with E-state index in [4.69, 9.17) is 13.9 Å². The van der Waals surface area contributed by atoms with Crippen molar-refractivity contribution in [2.45, 2.75) is 111 Å². The molecule has 8 nitrogen and oxygen atoms in total. The molecule has 9 heteroatoms. The van der Waals surface area contributed by atoms with Crippen molar-refractivity contribution < 1.29 is 23.5 Å². The van der Waals surface area contributed by atoms with E-state index in [1.807, 2.05) is 42.7 Å². The van der Waals surface area contributed by atoms with Gasteiger partial charge in [0.25, 0.3) is 5.91 Å². The number of hydrogen-bond acceptors (Lipinski definition) is 5. The number of aryl methyl sites for hydroxylation is 2. The zero-order valence-corrected chi connectivity index (χ0v) is 30.3. The highest BCUT2D eigenvalue weighted by atomic mass is 28.2. The van der Waals surface area contributed by atoms with Gasteiger partial charge in [-0.3, -0.25) is 4.79 Å². The number of hydrogen-bond donors (Lipinski definition) is 0. The minimum absolute atomic E-state index is 0.0106. The molecule has 242 valence electrons. The summed E-state index contributed by atoms with van der Waals surface area (Å²) < 4.78 is 19.9. The minimum atomic E-state index is -0.830. The van der Waals surface area contributed by atoms with Crippen molar-refractivity contribution in [1.29, 1.82) is 0 Å². The summed E-state index contributed by atoms with van der Waals surface area (Å²) >= 11 is 0. The van der Waals surface area contributed by atoms with Gasteiger partial charge in [-0.1, -0.05) is 26.8 Å². The standard InChI is InChI=1S/C34H57N3O5Si/c1-23(2)37(30(38)25-14-15-27-24(3)19-35(29(27)18-25)16-13-17-40-12)21-26-20-36(31(39)41-32(4,5)6)22-28(26)34(10,11)42-43-33(7,8)9/h14-15,18-19,23,26,28H,13,16-17,20-22,43H2,1-12H3/t26-,28+/m0/s1. The van der Waals surface area contributed by atoms with Gasteiger partial charge in [-0.15, -0.1) is 0 Å². The Kier molecular flexibility index (Phi) is 11.2. The summed E-state index contributed by atoms with van der Waals surface area (Å²) in [5, 5.41) is 1.31. The lowest BCUT2D eigenvalue weighted by molar-refractivity contribution is 0.0139. The van der Waals surface area contributed by atoms with E-state index in [9.17, 15) is 9.59 Å². The minimum Gasteiger partial charge on any atom is -0.444 e. The first kappa shape index (κ1) is 35.1. The monoisotopic (exact) mass is 615 g/mol. The van der Waals surface area contributed by atoms with E-state index in [2.05, 4.69) is 72.2 Å². The molecule has 1 fully saturated rings. The molecular formula is C34H57N3O5Si. The van der Waals surface area contributed by atoms with Crippen molar-refractivity contribution in [1.82, 2.24) is 14.4 Å². The van der Waals surface area contributed by atoms with Crippen LogP contribution in [0, 0.1) is 18.8 Å². The lowest BCUT2D eigenvalue weighted by atomic mass is 9.82. The topological polar surface area (TPSA) is 73.2 Å². The lowest BCUT2D eigenvalue weighted by Crippen LogP contribution is -2.47. The maximum absolute atomic E-state index is 14.2. The summed E-state index contributed by atoms with van der Waals surface area (Å²) in [4.78, 5) is 31.2. The first-order chi connectivity index (χ1) is 19.8. The summed E-state index contributed by atoms with van der Waals surface area (Å²) in [6, 6.07) is 6.05. The second kappa shape index (κ2) is 13.7. The number of benzene rings is 1.